The van der Waals surface area contributed by atoms with E-state index in [1.54, 1.807) is 23.1 Å². The minimum absolute atomic E-state index is 0.193. The maximum Gasteiger partial charge on any atom is 0.261 e. The number of halogens is 2. The van der Waals surface area contributed by atoms with Crippen molar-refractivity contribution in [3.63, 3.8) is 0 Å². The van der Waals surface area contributed by atoms with Crippen molar-refractivity contribution in [2.24, 2.45) is 0 Å². The number of hydrogen-bond acceptors (Lipinski definition) is 5. The number of carbonyl (C=O) groups is 1. The van der Waals surface area contributed by atoms with Crippen molar-refractivity contribution in [1.82, 2.24) is 9.88 Å². The molecule has 1 aromatic heterocycles. The Bertz CT molecular complexity index is 1030. The largest absolute Gasteiger partial charge is 0.379 e. The van der Waals surface area contributed by atoms with Gasteiger partial charge in [0.15, 0.2) is 5.13 Å². The van der Waals surface area contributed by atoms with Crippen molar-refractivity contribution in [2.45, 2.75) is 6.92 Å². The molecular weight excluding hydrogens is 429 g/mol. The molecule has 0 unspecified atom stereocenters. The normalized spacial score (nSPS) is 15.0. The fourth-order valence-electron chi connectivity index (χ4n) is 3.29. The number of ether oxygens (including phenoxy) is 1. The van der Waals surface area contributed by atoms with Crippen molar-refractivity contribution < 1.29 is 9.53 Å². The highest BCUT2D eigenvalue weighted by Gasteiger charge is 2.24. The maximum absolute atomic E-state index is 13.4. The zero-order chi connectivity index (χ0) is 20.4. The van der Waals surface area contributed by atoms with Gasteiger partial charge in [-0.1, -0.05) is 40.6 Å². The quantitative estimate of drug-likeness (QED) is 0.555. The number of benzene rings is 2. The van der Waals surface area contributed by atoms with Gasteiger partial charge in [0.25, 0.3) is 5.91 Å². The van der Waals surface area contributed by atoms with Crippen LogP contribution in [0.15, 0.2) is 36.4 Å². The average molecular weight is 450 g/mol. The molecule has 1 fully saturated rings. The van der Waals surface area contributed by atoms with Gasteiger partial charge < -0.3 is 4.74 Å². The summed E-state index contributed by atoms with van der Waals surface area (Å²) in [5.74, 6) is -0.193. The summed E-state index contributed by atoms with van der Waals surface area (Å²) >= 11 is 14.0. The van der Waals surface area contributed by atoms with Crippen LogP contribution in [0.25, 0.3) is 10.2 Å². The van der Waals surface area contributed by atoms with Crippen molar-refractivity contribution in [3.8, 4) is 0 Å². The number of carbonyl (C=O) groups excluding carboxylic acids is 1. The monoisotopic (exact) mass is 449 g/mol. The fraction of sp³-hybridized carbons (Fsp3) is 0.333. The summed E-state index contributed by atoms with van der Waals surface area (Å²) in [6, 6.07) is 11.1. The molecule has 8 heteroatoms. The number of anilines is 1. The molecule has 4 rings (SSSR count). The van der Waals surface area contributed by atoms with Crippen molar-refractivity contribution >= 4 is 55.8 Å². The minimum atomic E-state index is -0.193. The number of rotatable bonds is 5. The number of thiazole rings is 1. The molecule has 3 aromatic rings. The van der Waals surface area contributed by atoms with E-state index in [2.05, 4.69) is 11.0 Å². The van der Waals surface area contributed by atoms with E-state index >= 15 is 0 Å². The minimum Gasteiger partial charge on any atom is -0.379 e. The van der Waals surface area contributed by atoms with Gasteiger partial charge in [0.05, 0.1) is 34.0 Å². The Morgan fingerprint density at radius 2 is 2.00 bits per heavy atom. The summed E-state index contributed by atoms with van der Waals surface area (Å²) in [6.07, 6.45) is 0. The van der Waals surface area contributed by atoms with E-state index in [0.29, 0.717) is 40.5 Å². The fourth-order valence-corrected chi connectivity index (χ4v) is 4.75. The van der Waals surface area contributed by atoms with Crippen molar-refractivity contribution in [2.75, 3.05) is 44.3 Å². The lowest BCUT2D eigenvalue weighted by molar-refractivity contribution is 0.0391. The molecule has 1 aliphatic heterocycles. The third-order valence-electron chi connectivity index (χ3n) is 4.91. The van der Waals surface area contributed by atoms with E-state index < -0.39 is 0 Å². The summed E-state index contributed by atoms with van der Waals surface area (Å²) < 4.78 is 6.48. The van der Waals surface area contributed by atoms with Gasteiger partial charge in [-0.2, -0.15) is 0 Å². The zero-order valence-corrected chi connectivity index (χ0v) is 18.4. The predicted octanol–water partition coefficient (Wildman–Crippen LogP) is 4.89. The highest BCUT2D eigenvalue weighted by atomic mass is 35.5. The molecule has 1 saturated heterocycles. The lowest BCUT2D eigenvalue weighted by atomic mass is 10.2. The SMILES string of the molecule is Cc1ccc2nc(N(CCN3CCOCC3)C(=O)c3cc(Cl)ccc3Cl)sc2c1. The van der Waals surface area contributed by atoms with E-state index in [-0.39, 0.29) is 5.91 Å². The zero-order valence-electron chi connectivity index (χ0n) is 16.0. The molecule has 1 amide bonds. The summed E-state index contributed by atoms with van der Waals surface area (Å²) in [4.78, 5) is 22.2. The Morgan fingerprint density at radius 1 is 1.21 bits per heavy atom. The lowest BCUT2D eigenvalue weighted by Gasteiger charge is -2.29. The third kappa shape index (κ3) is 4.73. The van der Waals surface area contributed by atoms with Crippen LogP contribution < -0.4 is 4.90 Å². The maximum atomic E-state index is 13.4. The van der Waals surface area contributed by atoms with Gasteiger partial charge in [0.1, 0.15) is 0 Å². The van der Waals surface area contributed by atoms with Gasteiger partial charge in [-0.05, 0) is 42.8 Å². The number of fused-ring (bicyclic) bond motifs is 1. The highest BCUT2D eigenvalue weighted by molar-refractivity contribution is 7.22. The predicted molar refractivity (Wildman–Crippen MR) is 120 cm³/mol. The third-order valence-corrected chi connectivity index (χ3v) is 6.52. The second-order valence-corrected chi connectivity index (χ2v) is 8.86. The molecule has 0 spiro atoms. The molecule has 0 bridgehead atoms. The van der Waals surface area contributed by atoms with Gasteiger partial charge in [-0.3, -0.25) is 14.6 Å². The van der Waals surface area contributed by atoms with E-state index in [9.17, 15) is 4.79 Å². The standard InChI is InChI=1S/C21H21Cl2N3O2S/c1-14-2-5-18-19(12-14)29-21(24-18)26(7-6-25-8-10-28-11-9-25)20(27)16-13-15(22)3-4-17(16)23/h2-5,12-13H,6-11H2,1H3. The Labute approximate surface area is 183 Å². The average Bonchev–Trinajstić information content (AvgIpc) is 3.13. The number of hydrogen-bond donors (Lipinski definition) is 0. The summed E-state index contributed by atoms with van der Waals surface area (Å²) in [5, 5.41) is 1.53. The van der Waals surface area contributed by atoms with Crippen LogP contribution in [0.2, 0.25) is 10.0 Å². The first-order valence-electron chi connectivity index (χ1n) is 9.45. The van der Waals surface area contributed by atoms with Crippen LogP contribution in [0.1, 0.15) is 15.9 Å². The van der Waals surface area contributed by atoms with Crippen LogP contribution in [-0.4, -0.2) is 55.2 Å². The molecule has 0 radical (unpaired) electrons. The topological polar surface area (TPSA) is 45.7 Å². The van der Waals surface area contributed by atoms with Crippen LogP contribution in [0.5, 0.6) is 0 Å². The summed E-state index contributed by atoms with van der Waals surface area (Å²) in [6.45, 7) is 6.45. The van der Waals surface area contributed by atoms with E-state index in [1.807, 2.05) is 19.1 Å². The Kier molecular flexibility index (Phi) is 6.37. The van der Waals surface area contributed by atoms with E-state index in [4.69, 9.17) is 32.9 Å². The van der Waals surface area contributed by atoms with Crippen molar-refractivity contribution in [1.29, 1.82) is 0 Å². The number of nitrogens with zero attached hydrogens (tertiary/aromatic N) is 3. The second kappa shape index (κ2) is 8.98. The number of amides is 1. The van der Waals surface area contributed by atoms with Crippen molar-refractivity contribution in [3.05, 3.63) is 57.6 Å². The molecule has 29 heavy (non-hydrogen) atoms. The summed E-state index contributed by atoms with van der Waals surface area (Å²) in [7, 11) is 0. The van der Waals surface area contributed by atoms with Crippen LogP contribution in [0, 0.1) is 6.92 Å². The van der Waals surface area contributed by atoms with Gasteiger partial charge in [-0.25, -0.2) is 4.98 Å². The van der Waals surface area contributed by atoms with Crippen LogP contribution >= 0.6 is 34.5 Å². The van der Waals surface area contributed by atoms with Crippen LogP contribution in [0.3, 0.4) is 0 Å². The molecule has 0 aliphatic carbocycles. The highest BCUT2D eigenvalue weighted by Crippen LogP contribution is 2.32. The number of aryl methyl sites for hydroxylation is 1. The molecule has 0 saturated carbocycles. The molecule has 5 nitrogen and oxygen atoms in total. The van der Waals surface area contributed by atoms with E-state index in [1.165, 1.54) is 11.3 Å². The molecule has 0 N–H and O–H groups in total. The van der Waals surface area contributed by atoms with Gasteiger partial charge >= 0.3 is 0 Å². The second-order valence-electron chi connectivity index (χ2n) is 7.00. The summed E-state index contributed by atoms with van der Waals surface area (Å²) in [5.41, 5.74) is 2.44. The van der Waals surface area contributed by atoms with Crippen LogP contribution in [-0.2, 0) is 4.74 Å². The smallest absolute Gasteiger partial charge is 0.261 e. The van der Waals surface area contributed by atoms with Crippen LogP contribution in [0.4, 0.5) is 5.13 Å². The van der Waals surface area contributed by atoms with Gasteiger partial charge in [0, 0.05) is 31.2 Å². The molecule has 2 aromatic carbocycles. The molecular formula is C21H21Cl2N3O2S. The lowest BCUT2D eigenvalue weighted by Crippen LogP contribution is -2.43. The first-order valence-corrected chi connectivity index (χ1v) is 11.0. The van der Waals surface area contributed by atoms with E-state index in [0.717, 1.165) is 35.4 Å². The number of morpholine rings is 1. The Morgan fingerprint density at radius 3 is 2.79 bits per heavy atom. The van der Waals surface area contributed by atoms with Gasteiger partial charge in [-0.15, -0.1) is 0 Å². The van der Waals surface area contributed by atoms with Gasteiger partial charge in [0.2, 0.25) is 0 Å². The number of aromatic nitrogens is 1. The molecule has 1 aliphatic rings. The molecule has 0 atom stereocenters. The Balaban J connectivity index is 1.67. The Hall–Kier alpha value is -1.70. The molecule has 152 valence electrons. The molecule has 2 heterocycles. The first kappa shape index (κ1) is 20.6. The first-order chi connectivity index (χ1) is 14.0.